The molecule has 0 fully saturated rings. The molecule has 1 aromatic heterocycles. The highest BCUT2D eigenvalue weighted by Gasteiger charge is 2.14. The lowest BCUT2D eigenvalue weighted by Gasteiger charge is -2.14. The van der Waals surface area contributed by atoms with Crippen LogP contribution in [0.25, 0.3) is 5.69 Å². The molecule has 0 amide bonds. The van der Waals surface area contributed by atoms with Crippen LogP contribution in [0.5, 0.6) is 0 Å². The molecule has 2 aromatic rings. The molecule has 0 saturated carbocycles. The topological polar surface area (TPSA) is 4.93 Å². The first-order valence-electron chi connectivity index (χ1n) is 9.03. The van der Waals surface area contributed by atoms with Gasteiger partial charge in [0.2, 0.25) is 0 Å². The number of aryl methyl sites for hydroxylation is 3. The molecule has 0 radical (unpaired) electrons. The van der Waals surface area contributed by atoms with Gasteiger partial charge < -0.3 is 4.57 Å². The highest BCUT2D eigenvalue weighted by Crippen LogP contribution is 2.27. The van der Waals surface area contributed by atoms with E-state index in [9.17, 15) is 0 Å². The predicted octanol–water partition coefficient (Wildman–Crippen LogP) is 5.92. The van der Waals surface area contributed by atoms with Crippen molar-refractivity contribution in [1.82, 2.24) is 4.57 Å². The van der Waals surface area contributed by atoms with E-state index < -0.39 is 0 Å². The summed E-state index contributed by atoms with van der Waals surface area (Å²) in [6.07, 6.45) is 12.2. The second-order valence-electron chi connectivity index (χ2n) is 6.84. The zero-order valence-electron chi connectivity index (χ0n) is 14.2. The molecule has 0 aliphatic heterocycles. The summed E-state index contributed by atoms with van der Waals surface area (Å²) in [5.74, 6) is 0. The molecule has 0 N–H and O–H groups in total. The molecule has 0 atom stereocenters. The first-order chi connectivity index (χ1) is 10.8. The molecule has 0 spiro atoms. The van der Waals surface area contributed by atoms with E-state index in [-0.39, 0.29) is 0 Å². The van der Waals surface area contributed by atoms with Crippen molar-refractivity contribution in [3.8, 4) is 5.69 Å². The van der Waals surface area contributed by atoms with Crippen LogP contribution in [-0.4, -0.2) is 4.57 Å². The van der Waals surface area contributed by atoms with Gasteiger partial charge in [-0.3, -0.25) is 0 Å². The van der Waals surface area contributed by atoms with E-state index in [1.807, 2.05) is 0 Å². The van der Waals surface area contributed by atoms with Crippen LogP contribution in [0.15, 0.2) is 30.3 Å². The third kappa shape index (κ3) is 3.29. The van der Waals surface area contributed by atoms with Crippen LogP contribution < -0.4 is 0 Å². The predicted molar refractivity (Wildman–Crippen MR) is 95.0 cm³/mol. The molecule has 22 heavy (non-hydrogen) atoms. The monoisotopic (exact) mass is 295 g/mol. The Morgan fingerprint density at radius 1 is 0.773 bits per heavy atom. The summed E-state index contributed by atoms with van der Waals surface area (Å²) in [5, 5.41) is 0. The maximum atomic E-state index is 2.53. The van der Waals surface area contributed by atoms with Gasteiger partial charge in [0.05, 0.1) is 0 Å². The van der Waals surface area contributed by atoms with Crippen molar-refractivity contribution < 1.29 is 0 Å². The molecular formula is C21H29N. The van der Waals surface area contributed by atoms with Crippen LogP contribution in [0.4, 0.5) is 0 Å². The van der Waals surface area contributed by atoms with Crippen molar-refractivity contribution in [2.75, 3.05) is 0 Å². The second-order valence-corrected chi connectivity index (χ2v) is 6.84. The lowest BCUT2D eigenvalue weighted by atomic mass is 10.0. The lowest BCUT2D eigenvalue weighted by Crippen LogP contribution is -2.04. The normalized spacial score (nSPS) is 16.8. The maximum absolute atomic E-state index is 2.53. The van der Waals surface area contributed by atoms with E-state index in [2.05, 4.69) is 48.7 Å². The average Bonchev–Trinajstić information content (AvgIpc) is 2.81. The highest BCUT2D eigenvalue weighted by molar-refractivity contribution is 5.46. The van der Waals surface area contributed by atoms with Crippen molar-refractivity contribution in [3.63, 3.8) is 0 Å². The highest BCUT2D eigenvalue weighted by atomic mass is 15.0. The fourth-order valence-electron chi connectivity index (χ4n) is 3.82. The Morgan fingerprint density at radius 3 is 2.14 bits per heavy atom. The van der Waals surface area contributed by atoms with E-state index in [0.29, 0.717) is 0 Å². The molecule has 1 aliphatic carbocycles. The molecule has 118 valence electrons. The number of aromatic nitrogens is 1. The van der Waals surface area contributed by atoms with E-state index >= 15 is 0 Å². The van der Waals surface area contributed by atoms with Crippen LogP contribution in [0.1, 0.15) is 67.5 Å². The Labute approximate surface area is 135 Å². The van der Waals surface area contributed by atoms with Crippen LogP contribution in [0.3, 0.4) is 0 Å². The van der Waals surface area contributed by atoms with Gasteiger partial charge in [-0.15, -0.1) is 0 Å². The molecule has 2 bridgehead atoms. The van der Waals surface area contributed by atoms with Gasteiger partial charge in [-0.1, -0.05) is 50.3 Å². The van der Waals surface area contributed by atoms with E-state index in [1.54, 1.807) is 5.56 Å². The van der Waals surface area contributed by atoms with Crippen molar-refractivity contribution >= 4 is 0 Å². The number of fused-ring (bicyclic) bond motifs is 2. The summed E-state index contributed by atoms with van der Waals surface area (Å²) >= 11 is 0. The van der Waals surface area contributed by atoms with Gasteiger partial charge in [-0.25, -0.2) is 0 Å². The number of rotatable bonds is 1. The SMILES string of the molecule is Cc1ccccc1-n1c2cc(c1C)CCCCCCCCC2. The summed E-state index contributed by atoms with van der Waals surface area (Å²) in [5.41, 5.74) is 7.29. The standard InChI is InChI=1S/C21H29N/c1-17-12-10-11-15-21(17)22-18(2)19-13-8-6-4-3-5-7-9-14-20(22)16-19/h10-12,15-16H,3-9,13-14H2,1-2H3. The summed E-state index contributed by atoms with van der Waals surface area (Å²) in [6, 6.07) is 11.3. The van der Waals surface area contributed by atoms with Crippen molar-refractivity contribution in [1.29, 1.82) is 0 Å². The van der Waals surface area contributed by atoms with Gasteiger partial charge in [-0.05, 0) is 62.8 Å². The molecule has 0 unspecified atom stereocenters. The number of para-hydroxylation sites is 1. The van der Waals surface area contributed by atoms with Crippen molar-refractivity contribution in [2.45, 2.75) is 71.6 Å². The Morgan fingerprint density at radius 2 is 1.41 bits per heavy atom. The van der Waals surface area contributed by atoms with E-state index in [0.717, 1.165) is 0 Å². The molecule has 0 saturated heterocycles. The van der Waals surface area contributed by atoms with Gasteiger partial charge in [0.15, 0.2) is 0 Å². The molecule has 1 nitrogen and oxygen atoms in total. The van der Waals surface area contributed by atoms with Crippen LogP contribution in [0.2, 0.25) is 0 Å². The van der Waals surface area contributed by atoms with Gasteiger partial charge in [0, 0.05) is 17.1 Å². The van der Waals surface area contributed by atoms with E-state index in [4.69, 9.17) is 0 Å². The minimum Gasteiger partial charge on any atom is -0.318 e. The minimum atomic E-state index is 1.22. The molecule has 1 heteroatoms. The minimum absolute atomic E-state index is 1.22. The van der Waals surface area contributed by atoms with Crippen molar-refractivity contribution in [3.05, 3.63) is 52.8 Å². The smallest absolute Gasteiger partial charge is 0.0484 e. The number of benzene rings is 1. The quantitative estimate of drug-likeness (QED) is 0.615. The van der Waals surface area contributed by atoms with E-state index in [1.165, 1.54) is 80.4 Å². The fraction of sp³-hybridized carbons (Fsp3) is 0.524. The molecule has 1 heterocycles. The Hall–Kier alpha value is -1.50. The number of hydrogen-bond acceptors (Lipinski definition) is 0. The maximum Gasteiger partial charge on any atom is 0.0484 e. The summed E-state index contributed by atoms with van der Waals surface area (Å²) in [7, 11) is 0. The van der Waals surface area contributed by atoms with Crippen LogP contribution >= 0.6 is 0 Å². The third-order valence-electron chi connectivity index (χ3n) is 5.16. The first-order valence-corrected chi connectivity index (χ1v) is 9.03. The largest absolute Gasteiger partial charge is 0.318 e. The number of nitrogens with zero attached hydrogens (tertiary/aromatic N) is 1. The summed E-state index contributed by atoms with van der Waals surface area (Å²) in [4.78, 5) is 0. The Kier molecular flexibility index (Phi) is 5.02. The first kappa shape index (κ1) is 15.4. The Bertz CT molecular complexity index is 621. The van der Waals surface area contributed by atoms with Crippen LogP contribution in [0, 0.1) is 13.8 Å². The van der Waals surface area contributed by atoms with Gasteiger partial charge in [0.25, 0.3) is 0 Å². The zero-order chi connectivity index (χ0) is 15.4. The molecule has 1 aromatic carbocycles. The van der Waals surface area contributed by atoms with Crippen LogP contribution in [-0.2, 0) is 12.8 Å². The Balaban J connectivity index is 2.00. The lowest BCUT2D eigenvalue weighted by molar-refractivity contribution is 0.575. The summed E-state index contributed by atoms with van der Waals surface area (Å²) < 4.78 is 2.53. The van der Waals surface area contributed by atoms with Crippen molar-refractivity contribution in [2.24, 2.45) is 0 Å². The molecule has 3 rings (SSSR count). The third-order valence-corrected chi connectivity index (χ3v) is 5.16. The molecular weight excluding hydrogens is 266 g/mol. The second kappa shape index (κ2) is 7.17. The van der Waals surface area contributed by atoms with Gasteiger partial charge in [0.1, 0.15) is 0 Å². The van der Waals surface area contributed by atoms with Gasteiger partial charge >= 0.3 is 0 Å². The van der Waals surface area contributed by atoms with Gasteiger partial charge in [-0.2, -0.15) is 0 Å². The average molecular weight is 295 g/mol. The molecule has 1 aliphatic rings. The number of hydrogen-bond donors (Lipinski definition) is 0. The summed E-state index contributed by atoms with van der Waals surface area (Å²) in [6.45, 7) is 4.54. The zero-order valence-corrected chi connectivity index (χ0v) is 14.2. The fourth-order valence-corrected chi connectivity index (χ4v) is 3.82.